The number of carbonyl (C=O) groups is 4. The Morgan fingerprint density at radius 1 is 0.886 bits per heavy atom. The quantitative estimate of drug-likeness (QED) is 0.526. The molecule has 4 amide bonds. The van der Waals surface area contributed by atoms with E-state index in [1.807, 2.05) is 58.0 Å². The van der Waals surface area contributed by atoms with E-state index in [-0.39, 0.29) is 36.7 Å². The topological polar surface area (TPSA) is 128 Å². The summed E-state index contributed by atoms with van der Waals surface area (Å²) >= 11 is 0. The third-order valence-electron chi connectivity index (χ3n) is 5.63. The molecule has 0 aromatic heterocycles. The van der Waals surface area contributed by atoms with Gasteiger partial charge in [-0.3, -0.25) is 0 Å². The predicted octanol–water partition coefficient (Wildman–Crippen LogP) is 2.97. The van der Waals surface area contributed by atoms with E-state index in [0.717, 1.165) is 18.4 Å². The number of nitrogens with one attached hydrogen (secondary N) is 2. The first-order chi connectivity index (χ1) is 16.6. The zero-order valence-corrected chi connectivity index (χ0v) is 21.0. The lowest BCUT2D eigenvalue weighted by Crippen LogP contribution is -2.48. The van der Waals surface area contributed by atoms with E-state index in [0.29, 0.717) is 25.9 Å². The number of carboxylic acid groups (broad SMARTS) is 1. The lowest BCUT2D eigenvalue weighted by Gasteiger charge is -2.24. The smallest absolute Gasteiger partial charge is 0.329 e. The molecule has 2 heterocycles. The van der Waals surface area contributed by atoms with Crippen molar-refractivity contribution in [3.05, 3.63) is 35.9 Å². The monoisotopic (exact) mass is 490 g/mol. The van der Waals surface area contributed by atoms with Crippen LogP contribution in [-0.4, -0.2) is 76.2 Å². The normalized spacial score (nSPS) is 19.3. The molecular weight excluding hydrogens is 452 g/mol. The first-order valence-electron chi connectivity index (χ1n) is 12.2. The summed E-state index contributed by atoms with van der Waals surface area (Å²) in [4.78, 5) is 49.5. The zero-order chi connectivity index (χ0) is 26.0. The maximum atomic E-state index is 12.2. The van der Waals surface area contributed by atoms with Gasteiger partial charge in [0.05, 0.1) is 0 Å². The molecule has 2 aliphatic heterocycles. The number of aliphatic carboxylic acids is 1. The number of amides is 4. The van der Waals surface area contributed by atoms with Crippen LogP contribution in [0.1, 0.15) is 58.9 Å². The van der Waals surface area contributed by atoms with Crippen LogP contribution in [0.4, 0.5) is 9.59 Å². The van der Waals surface area contributed by atoms with Crippen molar-refractivity contribution >= 4 is 24.0 Å². The Morgan fingerprint density at radius 3 is 1.86 bits per heavy atom. The molecule has 3 rings (SSSR count). The SMILES string of the molecule is CC(C)NC(=O)N1CCC[C@H]1C(=O)O.CC(C)NC(=O)N1CCC[C@H]1C(=O)OCc1ccccc1. The van der Waals surface area contributed by atoms with Crippen molar-refractivity contribution in [2.24, 2.45) is 0 Å². The van der Waals surface area contributed by atoms with Crippen LogP contribution in [0.15, 0.2) is 30.3 Å². The molecule has 2 atom stereocenters. The Balaban J connectivity index is 0.000000269. The van der Waals surface area contributed by atoms with Crippen molar-refractivity contribution in [1.29, 1.82) is 0 Å². The third-order valence-corrected chi connectivity index (χ3v) is 5.63. The van der Waals surface area contributed by atoms with Crippen molar-refractivity contribution in [3.8, 4) is 0 Å². The van der Waals surface area contributed by atoms with Crippen molar-refractivity contribution < 1.29 is 29.0 Å². The molecule has 0 radical (unpaired) electrons. The zero-order valence-electron chi connectivity index (χ0n) is 21.0. The fourth-order valence-corrected chi connectivity index (χ4v) is 4.01. The van der Waals surface area contributed by atoms with Crippen molar-refractivity contribution in [2.75, 3.05) is 13.1 Å². The molecule has 2 fully saturated rings. The second-order valence-corrected chi connectivity index (χ2v) is 9.34. The van der Waals surface area contributed by atoms with E-state index in [4.69, 9.17) is 9.84 Å². The fraction of sp³-hybridized carbons (Fsp3) is 0.600. The highest BCUT2D eigenvalue weighted by Crippen LogP contribution is 2.19. The number of carboxylic acids is 1. The van der Waals surface area contributed by atoms with E-state index in [9.17, 15) is 19.2 Å². The van der Waals surface area contributed by atoms with Crippen LogP contribution in [0.2, 0.25) is 0 Å². The average molecular weight is 491 g/mol. The molecule has 0 saturated carbocycles. The number of hydrogen-bond donors (Lipinski definition) is 3. The number of esters is 1. The number of urea groups is 2. The molecule has 3 N–H and O–H groups in total. The molecule has 2 saturated heterocycles. The summed E-state index contributed by atoms with van der Waals surface area (Å²) < 4.78 is 5.34. The predicted molar refractivity (Wildman–Crippen MR) is 131 cm³/mol. The van der Waals surface area contributed by atoms with Gasteiger partial charge in [0, 0.05) is 25.2 Å². The Bertz CT molecular complexity index is 861. The van der Waals surface area contributed by atoms with Gasteiger partial charge in [0.25, 0.3) is 0 Å². The Morgan fingerprint density at radius 2 is 1.37 bits per heavy atom. The second kappa shape index (κ2) is 13.6. The van der Waals surface area contributed by atoms with Gasteiger partial charge in [0.2, 0.25) is 0 Å². The summed E-state index contributed by atoms with van der Waals surface area (Å²) in [5.74, 6) is -1.24. The second-order valence-electron chi connectivity index (χ2n) is 9.34. The van der Waals surface area contributed by atoms with Crippen LogP contribution in [0, 0.1) is 0 Å². The molecule has 194 valence electrons. The standard InChI is InChI=1S/C16H22N2O3.C9H16N2O3/c1-12(2)17-16(20)18-10-6-9-14(18)15(19)21-11-13-7-4-3-5-8-13;1-6(2)10-9(14)11-5-3-4-7(11)8(12)13/h3-5,7-8,12,14H,6,9-11H2,1-2H3,(H,17,20);6-7H,3-5H2,1-2H3,(H,10,14)(H,12,13)/t14-;7-/m00/s1. The van der Waals surface area contributed by atoms with Gasteiger partial charge >= 0.3 is 24.0 Å². The van der Waals surface area contributed by atoms with Gasteiger partial charge in [0.15, 0.2) is 0 Å². The Kier molecular flexibility index (Phi) is 10.8. The molecule has 0 aliphatic carbocycles. The summed E-state index contributed by atoms with van der Waals surface area (Å²) in [5, 5.41) is 14.4. The highest BCUT2D eigenvalue weighted by molar-refractivity contribution is 5.84. The van der Waals surface area contributed by atoms with Gasteiger partial charge in [-0.25, -0.2) is 19.2 Å². The summed E-state index contributed by atoms with van der Waals surface area (Å²) in [7, 11) is 0. The number of likely N-dealkylation sites (tertiary alicyclic amines) is 2. The first-order valence-corrected chi connectivity index (χ1v) is 12.2. The molecule has 0 spiro atoms. The number of rotatable bonds is 6. The maximum Gasteiger partial charge on any atom is 0.329 e. The minimum atomic E-state index is -0.915. The van der Waals surface area contributed by atoms with Crippen LogP contribution in [0.25, 0.3) is 0 Å². The highest BCUT2D eigenvalue weighted by atomic mass is 16.5. The maximum absolute atomic E-state index is 12.2. The molecule has 35 heavy (non-hydrogen) atoms. The van der Waals surface area contributed by atoms with Crippen molar-refractivity contribution in [1.82, 2.24) is 20.4 Å². The summed E-state index contributed by atoms with van der Waals surface area (Å²) in [5.41, 5.74) is 0.946. The highest BCUT2D eigenvalue weighted by Gasteiger charge is 2.35. The number of carbonyl (C=O) groups excluding carboxylic acids is 3. The number of ether oxygens (including phenoxy) is 1. The first kappa shape index (κ1) is 27.9. The molecule has 0 bridgehead atoms. The molecule has 2 aliphatic rings. The van der Waals surface area contributed by atoms with E-state index in [2.05, 4.69) is 10.6 Å². The van der Waals surface area contributed by atoms with Gasteiger partial charge in [-0.1, -0.05) is 30.3 Å². The van der Waals surface area contributed by atoms with Crippen LogP contribution in [0.3, 0.4) is 0 Å². The third kappa shape index (κ3) is 8.77. The van der Waals surface area contributed by atoms with E-state index < -0.39 is 18.1 Å². The minimum absolute atomic E-state index is 0.0394. The van der Waals surface area contributed by atoms with Crippen molar-refractivity contribution in [3.63, 3.8) is 0 Å². The van der Waals surface area contributed by atoms with Gasteiger partial charge in [-0.15, -0.1) is 0 Å². The summed E-state index contributed by atoms with van der Waals surface area (Å²) in [6.45, 7) is 8.88. The average Bonchev–Trinajstić information content (AvgIpc) is 3.48. The largest absolute Gasteiger partial charge is 0.480 e. The van der Waals surface area contributed by atoms with Gasteiger partial charge < -0.3 is 30.3 Å². The fourth-order valence-electron chi connectivity index (χ4n) is 4.01. The van der Waals surface area contributed by atoms with Crippen LogP contribution >= 0.6 is 0 Å². The number of benzene rings is 1. The molecule has 1 aromatic carbocycles. The van der Waals surface area contributed by atoms with Gasteiger partial charge in [-0.05, 0) is 58.9 Å². The number of hydrogen-bond acceptors (Lipinski definition) is 5. The molecule has 1 aromatic rings. The van der Waals surface area contributed by atoms with E-state index in [1.54, 1.807) is 4.90 Å². The van der Waals surface area contributed by atoms with Crippen LogP contribution in [0.5, 0.6) is 0 Å². The van der Waals surface area contributed by atoms with Crippen molar-refractivity contribution in [2.45, 2.75) is 84.2 Å². The molecular formula is C25H38N4O6. The summed E-state index contributed by atoms with van der Waals surface area (Å²) in [6.07, 6.45) is 2.82. The lowest BCUT2D eigenvalue weighted by molar-refractivity contribution is -0.149. The Hall–Kier alpha value is -3.30. The van der Waals surface area contributed by atoms with E-state index >= 15 is 0 Å². The van der Waals surface area contributed by atoms with E-state index in [1.165, 1.54) is 4.90 Å². The molecule has 10 nitrogen and oxygen atoms in total. The van der Waals surface area contributed by atoms with Crippen LogP contribution < -0.4 is 10.6 Å². The molecule has 10 heteroatoms. The lowest BCUT2D eigenvalue weighted by atomic mass is 10.2. The number of nitrogens with zero attached hydrogens (tertiary/aromatic N) is 2. The summed E-state index contributed by atoms with van der Waals surface area (Å²) in [6, 6.07) is 8.06. The van der Waals surface area contributed by atoms with Crippen LogP contribution in [-0.2, 0) is 20.9 Å². The minimum Gasteiger partial charge on any atom is -0.480 e. The van der Waals surface area contributed by atoms with Gasteiger partial charge in [0.1, 0.15) is 18.7 Å². The Labute approximate surface area is 207 Å². The molecule has 0 unspecified atom stereocenters. The van der Waals surface area contributed by atoms with Gasteiger partial charge in [-0.2, -0.15) is 0 Å².